The molecule has 0 atom stereocenters. The third-order valence-electron chi connectivity index (χ3n) is 3.61. The Morgan fingerprint density at radius 3 is 2.61 bits per heavy atom. The molecule has 2 aromatic rings. The van der Waals surface area contributed by atoms with Crippen LogP contribution in [0.3, 0.4) is 0 Å². The van der Waals surface area contributed by atoms with Gasteiger partial charge in [0.25, 0.3) is 0 Å². The molecule has 0 aliphatic carbocycles. The Morgan fingerprint density at radius 1 is 1.06 bits per heavy atom. The number of nitrogens with zero attached hydrogens (tertiary/aromatic N) is 1. The molecular formula is C15H18FNS. The number of benzene rings is 1. The summed E-state index contributed by atoms with van der Waals surface area (Å²) in [5.41, 5.74) is 0. The van der Waals surface area contributed by atoms with E-state index < -0.39 is 0 Å². The van der Waals surface area contributed by atoms with Crippen LogP contribution in [0.25, 0.3) is 10.1 Å². The summed E-state index contributed by atoms with van der Waals surface area (Å²) in [4.78, 5) is 3.89. The Morgan fingerprint density at radius 2 is 1.83 bits per heavy atom. The van der Waals surface area contributed by atoms with Crippen LogP contribution in [0.1, 0.15) is 30.6 Å². The monoisotopic (exact) mass is 263 g/mol. The molecule has 1 aromatic heterocycles. The first-order valence-electron chi connectivity index (χ1n) is 6.71. The van der Waals surface area contributed by atoms with Crippen molar-refractivity contribution in [2.75, 3.05) is 13.1 Å². The first-order chi connectivity index (χ1) is 8.81. The number of fused-ring (bicyclic) bond motifs is 1. The first-order valence-corrected chi connectivity index (χ1v) is 7.53. The highest BCUT2D eigenvalue weighted by atomic mass is 32.1. The van der Waals surface area contributed by atoms with Gasteiger partial charge in [0.15, 0.2) is 0 Å². The summed E-state index contributed by atoms with van der Waals surface area (Å²) in [6, 6.07) is 7.29. The van der Waals surface area contributed by atoms with Crippen molar-refractivity contribution in [2.24, 2.45) is 0 Å². The molecule has 0 radical (unpaired) electrons. The van der Waals surface area contributed by atoms with Crippen LogP contribution in [0.5, 0.6) is 0 Å². The van der Waals surface area contributed by atoms with Gasteiger partial charge in [0.1, 0.15) is 5.82 Å². The maximum atomic E-state index is 13.2. The molecule has 1 fully saturated rings. The van der Waals surface area contributed by atoms with Crippen LogP contribution in [-0.2, 0) is 6.54 Å². The number of hydrogen-bond acceptors (Lipinski definition) is 2. The minimum Gasteiger partial charge on any atom is -0.298 e. The van der Waals surface area contributed by atoms with Crippen LogP contribution in [0.15, 0.2) is 24.3 Å². The van der Waals surface area contributed by atoms with Crippen molar-refractivity contribution >= 4 is 21.4 Å². The highest BCUT2D eigenvalue weighted by Crippen LogP contribution is 2.27. The molecule has 3 heteroatoms. The summed E-state index contributed by atoms with van der Waals surface area (Å²) in [7, 11) is 0. The van der Waals surface area contributed by atoms with Gasteiger partial charge in [0, 0.05) is 16.1 Å². The minimum atomic E-state index is -0.134. The molecule has 0 amide bonds. The van der Waals surface area contributed by atoms with Gasteiger partial charge < -0.3 is 0 Å². The van der Waals surface area contributed by atoms with E-state index in [0.717, 1.165) is 11.2 Å². The van der Waals surface area contributed by atoms with E-state index in [1.807, 2.05) is 6.07 Å². The van der Waals surface area contributed by atoms with Crippen molar-refractivity contribution in [3.8, 4) is 0 Å². The lowest BCUT2D eigenvalue weighted by atomic mass is 10.2. The predicted molar refractivity (Wildman–Crippen MR) is 75.5 cm³/mol. The molecular weight excluding hydrogens is 245 g/mol. The maximum absolute atomic E-state index is 13.2. The van der Waals surface area contributed by atoms with E-state index in [4.69, 9.17) is 0 Å². The average molecular weight is 263 g/mol. The summed E-state index contributed by atoms with van der Waals surface area (Å²) in [5.74, 6) is -0.134. The lowest BCUT2D eigenvalue weighted by molar-refractivity contribution is 0.279. The Labute approximate surface area is 111 Å². The van der Waals surface area contributed by atoms with Crippen molar-refractivity contribution in [1.82, 2.24) is 4.90 Å². The van der Waals surface area contributed by atoms with Crippen LogP contribution in [-0.4, -0.2) is 18.0 Å². The third-order valence-corrected chi connectivity index (χ3v) is 4.69. The number of likely N-dealkylation sites (tertiary alicyclic amines) is 1. The van der Waals surface area contributed by atoms with Crippen molar-refractivity contribution < 1.29 is 4.39 Å². The number of hydrogen-bond donors (Lipinski definition) is 0. The van der Waals surface area contributed by atoms with Crippen LogP contribution in [0, 0.1) is 5.82 Å². The van der Waals surface area contributed by atoms with Gasteiger partial charge in [-0.2, -0.15) is 0 Å². The Bertz CT molecular complexity index is 526. The average Bonchev–Trinajstić information content (AvgIpc) is 2.57. The molecule has 1 aromatic carbocycles. The molecule has 2 heterocycles. The Hall–Kier alpha value is -0.930. The summed E-state index contributed by atoms with van der Waals surface area (Å²) < 4.78 is 14.2. The number of rotatable bonds is 2. The standard InChI is InChI=1S/C15H18FNS/c16-13-6-5-12-9-14(18-15(12)10-13)11-17-7-3-1-2-4-8-17/h5-6,9-10H,1-4,7-8,11H2. The van der Waals surface area contributed by atoms with Crippen LogP contribution >= 0.6 is 11.3 Å². The summed E-state index contributed by atoms with van der Waals surface area (Å²) >= 11 is 1.73. The molecule has 0 bridgehead atoms. The fourth-order valence-electron chi connectivity index (χ4n) is 2.65. The molecule has 0 spiro atoms. The predicted octanol–water partition coefficient (Wildman–Crippen LogP) is 4.42. The van der Waals surface area contributed by atoms with Gasteiger partial charge in [-0.15, -0.1) is 11.3 Å². The molecule has 1 aliphatic heterocycles. The molecule has 0 saturated carbocycles. The molecule has 3 rings (SSSR count). The molecule has 0 N–H and O–H groups in total. The smallest absolute Gasteiger partial charge is 0.124 e. The Balaban J connectivity index is 1.77. The second-order valence-electron chi connectivity index (χ2n) is 5.09. The van der Waals surface area contributed by atoms with Gasteiger partial charge >= 0.3 is 0 Å². The zero-order valence-electron chi connectivity index (χ0n) is 10.5. The van der Waals surface area contributed by atoms with E-state index in [1.165, 1.54) is 49.0 Å². The van der Waals surface area contributed by atoms with Gasteiger partial charge in [-0.1, -0.05) is 18.9 Å². The van der Waals surface area contributed by atoms with Crippen LogP contribution in [0.4, 0.5) is 4.39 Å². The quantitative estimate of drug-likeness (QED) is 0.775. The highest BCUT2D eigenvalue weighted by molar-refractivity contribution is 7.19. The summed E-state index contributed by atoms with van der Waals surface area (Å²) in [6.45, 7) is 3.45. The lowest BCUT2D eigenvalue weighted by Crippen LogP contribution is -2.23. The minimum absolute atomic E-state index is 0.134. The molecule has 1 nitrogen and oxygen atoms in total. The third kappa shape index (κ3) is 2.73. The van der Waals surface area contributed by atoms with Crippen molar-refractivity contribution in [3.63, 3.8) is 0 Å². The fourth-order valence-corrected chi connectivity index (χ4v) is 3.78. The summed E-state index contributed by atoms with van der Waals surface area (Å²) in [5, 5.41) is 1.17. The number of thiophene rings is 1. The summed E-state index contributed by atoms with van der Waals surface area (Å²) in [6.07, 6.45) is 5.38. The lowest BCUT2D eigenvalue weighted by Gasteiger charge is -2.18. The van der Waals surface area contributed by atoms with Crippen LogP contribution < -0.4 is 0 Å². The van der Waals surface area contributed by atoms with Crippen LogP contribution in [0.2, 0.25) is 0 Å². The molecule has 96 valence electrons. The fraction of sp³-hybridized carbons (Fsp3) is 0.467. The Kier molecular flexibility index (Phi) is 3.62. The molecule has 18 heavy (non-hydrogen) atoms. The van der Waals surface area contributed by atoms with Gasteiger partial charge in [0.05, 0.1) is 0 Å². The topological polar surface area (TPSA) is 3.24 Å². The first kappa shape index (κ1) is 12.1. The van der Waals surface area contributed by atoms with Crippen molar-refractivity contribution in [2.45, 2.75) is 32.2 Å². The van der Waals surface area contributed by atoms with E-state index in [9.17, 15) is 4.39 Å². The maximum Gasteiger partial charge on any atom is 0.124 e. The van der Waals surface area contributed by atoms with Gasteiger partial charge in [0.2, 0.25) is 0 Å². The molecule has 0 unspecified atom stereocenters. The van der Waals surface area contributed by atoms with E-state index in [-0.39, 0.29) is 5.82 Å². The highest BCUT2D eigenvalue weighted by Gasteiger charge is 2.11. The largest absolute Gasteiger partial charge is 0.298 e. The molecule has 1 saturated heterocycles. The van der Waals surface area contributed by atoms with Crippen molar-refractivity contribution in [1.29, 1.82) is 0 Å². The van der Waals surface area contributed by atoms with Gasteiger partial charge in [-0.05, 0) is 49.5 Å². The second kappa shape index (κ2) is 5.37. The van der Waals surface area contributed by atoms with E-state index in [1.54, 1.807) is 23.5 Å². The van der Waals surface area contributed by atoms with Gasteiger partial charge in [-0.3, -0.25) is 4.90 Å². The number of halogens is 1. The SMILES string of the molecule is Fc1ccc2cc(CN3CCCCCC3)sc2c1. The van der Waals surface area contributed by atoms with Gasteiger partial charge in [-0.25, -0.2) is 4.39 Å². The molecule has 1 aliphatic rings. The van der Waals surface area contributed by atoms with E-state index in [0.29, 0.717) is 0 Å². The zero-order valence-corrected chi connectivity index (χ0v) is 11.3. The second-order valence-corrected chi connectivity index (χ2v) is 6.25. The van der Waals surface area contributed by atoms with Crippen molar-refractivity contribution in [3.05, 3.63) is 35.0 Å². The van der Waals surface area contributed by atoms with E-state index >= 15 is 0 Å². The normalized spacial score (nSPS) is 18.1. The zero-order chi connectivity index (χ0) is 12.4. The van der Waals surface area contributed by atoms with E-state index in [2.05, 4.69) is 11.0 Å².